The maximum atomic E-state index is 12.4. The van der Waals surface area contributed by atoms with Crippen molar-refractivity contribution in [1.82, 2.24) is 9.97 Å². The van der Waals surface area contributed by atoms with Crippen LogP contribution in [0.15, 0.2) is 59.4 Å². The maximum absolute atomic E-state index is 12.4. The molecule has 6 heteroatoms. The van der Waals surface area contributed by atoms with Crippen LogP contribution >= 0.6 is 11.6 Å². The highest BCUT2D eigenvalue weighted by Gasteiger charge is 2.09. The van der Waals surface area contributed by atoms with Gasteiger partial charge in [0.2, 0.25) is 0 Å². The highest BCUT2D eigenvalue weighted by atomic mass is 35.5. The van der Waals surface area contributed by atoms with Gasteiger partial charge in [-0.3, -0.25) is 9.59 Å². The number of hydrogen-bond acceptors (Lipinski definition) is 3. The molecule has 0 fully saturated rings. The minimum Gasteiger partial charge on any atom is -0.322 e. The van der Waals surface area contributed by atoms with Gasteiger partial charge in [-0.2, -0.15) is 0 Å². The second-order valence-electron chi connectivity index (χ2n) is 6.60. The summed E-state index contributed by atoms with van der Waals surface area (Å²) in [5.74, 6) is 0.502. The quantitative estimate of drug-likeness (QED) is 0.642. The van der Waals surface area contributed by atoms with Gasteiger partial charge in [-0.1, -0.05) is 55.8 Å². The first-order chi connectivity index (χ1) is 13.4. The molecule has 142 valence electrons. The van der Waals surface area contributed by atoms with Gasteiger partial charge in [0, 0.05) is 17.7 Å². The monoisotopic (exact) mass is 393 g/mol. The molecule has 2 N–H and O–H groups in total. The van der Waals surface area contributed by atoms with E-state index in [-0.39, 0.29) is 17.4 Å². The molecule has 0 aliphatic rings. The molecule has 1 aromatic heterocycles. The minimum absolute atomic E-state index is 0.129. The van der Waals surface area contributed by atoms with Gasteiger partial charge >= 0.3 is 0 Å². The van der Waals surface area contributed by atoms with Crippen LogP contribution in [0.4, 0.5) is 5.69 Å². The van der Waals surface area contributed by atoms with Crippen LogP contribution in [0.2, 0.25) is 5.02 Å². The van der Waals surface area contributed by atoms with E-state index in [9.17, 15) is 9.59 Å². The van der Waals surface area contributed by atoms with Crippen molar-refractivity contribution < 1.29 is 4.79 Å². The van der Waals surface area contributed by atoms with Crippen LogP contribution in [0.25, 0.3) is 12.2 Å². The van der Waals surface area contributed by atoms with E-state index in [2.05, 4.69) is 15.3 Å². The van der Waals surface area contributed by atoms with E-state index < -0.39 is 0 Å². The molecule has 28 heavy (non-hydrogen) atoms. The van der Waals surface area contributed by atoms with Gasteiger partial charge in [-0.05, 0) is 35.9 Å². The molecule has 3 aromatic rings. The van der Waals surface area contributed by atoms with Crippen molar-refractivity contribution in [3.05, 3.63) is 92.6 Å². The van der Waals surface area contributed by atoms with Crippen LogP contribution in [0.5, 0.6) is 0 Å². The highest BCUT2D eigenvalue weighted by molar-refractivity contribution is 6.34. The molecule has 1 amide bonds. The van der Waals surface area contributed by atoms with Gasteiger partial charge in [-0.25, -0.2) is 4.98 Å². The Labute approximate surface area is 168 Å². The molecule has 2 aromatic carbocycles. The Kier molecular flexibility index (Phi) is 6.06. The number of nitrogens with one attached hydrogen (secondary N) is 2. The van der Waals surface area contributed by atoms with Crippen molar-refractivity contribution >= 4 is 35.3 Å². The molecular weight excluding hydrogens is 374 g/mol. The van der Waals surface area contributed by atoms with Crippen LogP contribution < -0.4 is 10.9 Å². The molecule has 0 saturated carbocycles. The number of carbonyl (C=O) groups is 1. The standard InChI is InChI=1S/C22H20ClN3O2/c1-14(2)21-24-17(13-20(27)26-21)11-10-15-6-5-7-16(12-15)25-22(28)18-8-3-4-9-19(18)23/h3-14H,1-2H3,(H,25,28)(H,24,26,27)/b11-10+. The molecule has 0 saturated heterocycles. The molecule has 0 radical (unpaired) electrons. The summed E-state index contributed by atoms with van der Waals surface area (Å²) in [6, 6.07) is 15.7. The minimum atomic E-state index is -0.274. The number of amides is 1. The topological polar surface area (TPSA) is 74.8 Å². The number of benzene rings is 2. The average Bonchev–Trinajstić information content (AvgIpc) is 2.66. The number of rotatable bonds is 5. The average molecular weight is 394 g/mol. The summed E-state index contributed by atoms with van der Waals surface area (Å²) in [6.07, 6.45) is 3.62. The fraction of sp³-hybridized carbons (Fsp3) is 0.136. The Morgan fingerprint density at radius 3 is 2.64 bits per heavy atom. The largest absolute Gasteiger partial charge is 0.322 e. The first-order valence-electron chi connectivity index (χ1n) is 8.87. The van der Waals surface area contributed by atoms with E-state index in [1.807, 2.05) is 38.1 Å². The zero-order valence-corrected chi connectivity index (χ0v) is 16.3. The SMILES string of the molecule is CC(C)c1nc(/C=C/c2cccc(NC(=O)c3ccccc3Cl)c2)cc(=O)[nH]1. The molecule has 0 spiro atoms. The lowest BCUT2D eigenvalue weighted by Gasteiger charge is -2.07. The van der Waals surface area contributed by atoms with Crippen molar-refractivity contribution in [2.24, 2.45) is 0 Å². The summed E-state index contributed by atoms with van der Waals surface area (Å²) in [5.41, 5.74) is 2.33. The zero-order chi connectivity index (χ0) is 20.1. The number of nitrogens with zero attached hydrogens (tertiary/aromatic N) is 1. The number of anilines is 1. The Morgan fingerprint density at radius 2 is 1.89 bits per heavy atom. The van der Waals surface area contributed by atoms with Crippen LogP contribution in [0.3, 0.4) is 0 Å². The van der Waals surface area contributed by atoms with Crippen molar-refractivity contribution in [2.75, 3.05) is 5.32 Å². The molecule has 5 nitrogen and oxygen atoms in total. The summed E-state index contributed by atoms with van der Waals surface area (Å²) < 4.78 is 0. The third-order valence-electron chi connectivity index (χ3n) is 4.04. The van der Waals surface area contributed by atoms with Crippen molar-refractivity contribution in [2.45, 2.75) is 19.8 Å². The Hall–Kier alpha value is -3.18. The third kappa shape index (κ3) is 4.96. The van der Waals surface area contributed by atoms with Crippen molar-refractivity contribution in [1.29, 1.82) is 0 Å². The lowest BCUT2D eigenvalue weighted by molar-refractivity contribution is 0.102. The van der Waals surface area contributed by atoms with E-state index in [0.29, 0.717) is 27.8 Å². The number of aromatic amines is 1. The maximum Gasteiger partial charge on any atom is 0.257 e. The normalized spacial score (nSPS) is 11.1. The van der Waals surface area contributed by atoms with Gasteiger partial charge in [-0.15, -0.1) is 0 Å². The van der Waals surface area contributed by atoms with Gasteiger partial charge in [0.05, 0.1) is 16.3 Å². The number of hydrogen-bond donors (Lipinski definition) is 2. The number of aromatic nitrogens is 2. The Balaban J connectivity index is 1.79. The molecule has 0 aliphatic carbocycles. The van der Waals surface area contributed by atoms with Gasteiger partial charge in [0.25, 0.3) is 11.5 Å². The smallest absolute Gasteiger partial charge is 0.257 e. The van der Waals surface area contributed by atoms with E-state index in [4.69, 9.17) is 11.6 Å². The third-order valence-corrected chi connectivity index (χ3v) is 4.37. The predicted octanol–water partition coefficient (Wildman–Crippen LogP) is 4.97. The molecular formula is C22H20ClN3O2. The second-order valence-corrected chi connectivity index (χ2v) is 7.01. The first kappa shape index (κ1) is 19.6. The summed E-state index contributed by atoms with van der Waals surface area (Å²) in [5, 5.41) is 3.24. The van der Waals surface area contributed by atoms with Crippen LogP contribution in [0.1, 0.15) is 47.2 Å². The number of carbonyl (C=O) groups excluding carboxylic acids is 1. The van der Waals surface area contributed by atoms with E-state index >= 15 is 0 Å². The second kappa shape index (κ2) is 8.67. The molecule has 0 unspecified atom stereocenters. The molecule has 0 bridgehead atoms. The fourth-order valence-electron chi connectivity index (χ4n) is 2.60. The van der Waals surface area contributed by atoms with Crippen LogP contribution in [-0.4, -0.2) is 15.9 Å². The molecule has 0 aliphatic heterocycles. The summed E-state index contributed by atoms with van der Waals surface area (Å²) >= 11 is 6.07. The van der Waals surface area contributed by atoms with Crippen LogP contribution in [0, 0.1) is 0 Å². The van der Waals surface area contributed by atoms with Gasteiger partial charge < -0.3 is 10.3 Å². The van der Waals surface area contributed by atoms with Crippen molar-refractivity contribution in [3.8, 4) is 0 Å². The Bertz CT molecular complexity index is 1090. The lowest BCUT2D eigenvalue weighted by atomic mass is 10.1. The van der Waals surface area contributed by atoms with Gasteiger partial charge in [0.1, 0.15) is 5.82 Å². The van der Waals surface area contributed by atoms with Crippen molar-refractivity contribution in [3.63, 3.8) is 0 Å². The first-order valence-corrected chi connectivity index (χ1v) is 9.25. The van der Waals surface area contributed by atoms with E-state index in [1.54, 1.807) is 36.4 Å². The zero-order valence-electron chi connectivity index (χ0n) is 15.6. The summed E-state index contributed by atoms with van der Waals surface area (Å²) in [4.78, 5) is 31.4. The highest BCUT2D eigenvalue weighted by Crippen LogP contribution is 2.19. The molecule has 3 rings (SSSR count). The van der Waals surface area contributed by atoms with Gasteiger partial charge in [0.15, 0.2) is 0 Å². The van der Waals surface area contributed by atoms with E-state index in [1.165, 1.54) is 6.07 Å². The molecule has 0 atom stereocenters. The fourth-order valence-corrected chi connectivity index (χ4v) is 2.82. The summed E-state index contributed by atoms with van der Waals surface area (Å²) in [7, 11) is 0. The number of H-pyrrole nitrogens is 1. The lowest BCUT2D eigenvalue weighted by Crippen LogP contribution is -2.12. The number of halogens is 1. The van der Waals surface area contributed by atoms with E-state index in [0.717, 1.165) is 5.56 Å². The summed E-state index contributed by atoms with van der Waals surface area (Å²) in [6.45, 7) is 3.94. The predicted molar refractivity (Wildman–Crippen MR) is 114 cm³/mol. The Morgan fingerprint density at radius 1 is 1.11 bits per heavy atom. The van der Waals surface area contributed by atoms with Crippen LogP contribution in [-0.2, 0) is 0 Å². The molecule has 1 heterocycles.